The number of hydroxylamine groups is 1. The summed E-state index contributed by atoms with van der Waals surface area (Å²) >= 11 is 0. The molecule has 16 heteroatoms. The lowest BCUT2D eigenvalue weighted by atomic mass is 9.96. The molecule has 1 saturated heterocycles. The standard InChI is InChI=1S/C27H36N2O9.CH6NO3P/c1-16(2)23(27(34)38-25-22(28-17(3)31)26(33)37-21(14-30)24(25)32)29(19-10-12-20(35-4)13-11-19)36-15-18-8-6-5-7-9-18;1-5-6(2,3)4/h5-13,16,21-26,30,32-33H,14-15H2,1-4H3,(H,28,31);1H3,(H3,2,3,4)/t21-,22-,23+,24-,25-,26?;/m1./s1. The number of hydrogen-bond acceptors (Lipinski definition) is 12. The number of carbonyl (C=O) groups excluding carboxylic acids is 2. The van der Waals surface area contributed by atoms with E-state index in [1.54, 1.807) is 31.4 Å². The molecular formula is C28H42N3O12P. The predicted octanol–water partition coefficient (Wildman–Crippen LogP) is 0.837. The van der Waals surface area contributed by atoms with Gasteiger partial charge in [-0.1, -0.05) is 44.2 Å². The maximum Gasteiger partial charge on any atom is 0.399 e. The van der Waals surface area contributed by atoms with Crippen LogP contribution in [0.2, 0.25) is 0 Å². The van der Waals surface area contributed by atoms with Gasteiger partial charge in [-0.15, -0.1) is 0 Å². The van der Waals surface area contributed by atoms with Gasteiger partial charge in [0.05, 0.1) is 26.0 Å². The molecule has 0 aromatic heterocycles. The minimum absolute atomic E-state index is 0.156. The van der Waals surface area contributed by atoms with Gasteiger partial charge in [-0.2, -0.15) is 0 Å². The van der Waals surface area contributed by atoms with Crippen LogP contribution < -0.4 is 20.6 Å². The Balaban J connectivity index is 0.00000102. The summed E-state index contributed by atoms with van der Waals surface area (Å²) in [7, 11) is -1.03. The second-order valence-corrected chi connectivity index (χ2v) is 11.6. The van der Waals surface area contributed by atoms with Crippen LogP contribution in [0.1, 0.15) is 26.3 Å². The van der Waals surface area contributed by atoms with Crippen molar-refractivity contribution in [1.29, 1.82) is 0 Å². The lowest BCUT2D eigenvalue weighted by Gasteiger charge is -2.43. The summed E-state index contributed by atoms with van der Waals surface area (Å²) in [4.78, 5) is 39.6. The number of rotatable bonds is 12. The summed E-state index contributed by atoms with van der Waals surface area (Å²) in [6.45, 7) is 4.36. The Labute approximate surface area is 256 Å². The van der Waals surface area contributed by atoms with Crippen LogP contribution in [-0.2, 0) is 39.6 Å². The van der Waals surface area contributed by atoms with Gasteiger partial charge >= 0.3 is 13.7 Å². The second-order valence-electron chi connectivity index (χ2n) is 10.1. The smallest absolute Gasteiger partial charge is 0.399 e. The third-order valence-electron chi connectivity index (χ3n) is 6.42. The van der Waals surface area contributed by atoms with E-state index in [0.29, 0.717) is 11.4 Å². The fraction of sp³-hybridized carbons (Fsp3) is 0.500. The average molecular weight is 644 g/mol. The van der Waals surface area contributed by atoms with Gasteiger partial charge in [-0.05, 0) is 35.7 Å². The van der Waals surface area contributed by atoms with Crippen molar-refractivity contribution in [3.8, 4) is 5.75 Å². The molecule has 2 aromatic carbocycles. The largest absolute Gasteiger partial charge is 0.497 e. The molecule has 1 heterocycles. The van der Waals surface area contributed by atoms with Crippen LogP contribution in [0.15, 0.2) is 54.6 Å². The Bertz CT molecular complexity index is 1210. The topological polar surface area (TPSA) is 220 Å². The first-order valence-electron chi connectivity index (χ1n) is 13.6. The van der Waals surface area contributed by atoms with Crippen molar-refractivity contribution in [1.82, 2.24) is 5.32 Å². The first-order chi connectivity index (χ1) is 20.7. The Hall–Kier alpha value is -3.11. The van der Waals surface area contributed by atoms with Gasteiger partial charge in [0.25, 0.3) is 0 Å². The molecule has 44 heavy (non-hydrogen) atoms. The Kier molecular flexibility index (Phi) is 14.7. The summed E-state index contributed by atoms with van der Waals surface area (Å²) in [5, 5.41) is 34.7. The van der Waals surface area contributed by atoms with E-state index in [9.17, 15) is 29.5 Å². The first-order valence-corrected chi connectivity index (χ1v) is 15.2. The minimum Gasteiger partial charge on any atom is -0.497 e. The van der Waals surface area contributed by atoms with E-state index >= 15 is 0 Å². The number of benzene rings is 2. The van der Waals surface area contributed by atoms with Crippen LogP contribution in [-0.4, -0.2) is 89.6 Å². The molecule has 2 unspecified atom stereocenters. The van der Waals surface area contributed by atoms with E-state index in [0.717, 1.165) is 12.7 Å². The van der Waals surface area contributed by atoms with Crippen LogP contribution in [0.25, 0.3) is 0 Å². The summed E-state index contributed by atoms with van der Waals surface area (Å²) < 4.78 is 29.7. The Morgan fingerprint density at radius 3 is 2.16 bits per heavy atom. The van der Waals surface area contributed by atoms with Crippen molar-refractivity contribution in [2.45, 2.75) is 64.1 Å². The molecule has 0 aliphatic carbocycles. The minimum atomic E-state index is -3.65. The maximum atomic E-state index is 13.7. The van der Waals surface area contributed by atoms with E-state index in [4.69, 9.17) is 23.9 Å². The fourth-order valence-corrected chi connectivity index (χ4v) is 4.22. The van der Waals surface area contributed by atoms with Crippen molar-refractivity contribution in [3.05, 3.63) is 60.2 Å². The Morgan fingerprint density at radius 2 is 1.68 bits per heavy atom. The molecular weight excluding hydrogens is 601 g/mol. The van der Waals surface area contributed by atoms with E-state index in [-0.39, 0.29) is 12.5 Å². The van der Waals surface area contributed by atoms with Gasteiger partial charge < -0.3 is 44.3 Å². The van der Waals surface area contributed by atoms with Crippen molar-refractivity contribution in [2.24, 2.45) is 11.4 Å². The molecule has 7 N–H and O–H groups in total. The zero-order chi connectivity index (χ0) is 33.0. The number of hydrogen-bond donors (Lipinski definition) is 6. The van der Waals surface area contributed by atoms with Gasteiger partial charge in [0.1, 0.15) is 24.0 Å². The number of anilines is 1. The molecule has 0 radical (unpaired) electrons. The van der Waals surface area contributed by atoms with Gasteiger partial charge in [0, 0.05) is 14.0 Å². The van der Waals surface area contributed by atoms with E-state index in [2.05, 4.69) is 15.3 Å². The van der Waals surface area contributed by atoms with Gasteiger partial charge in [0.2, 0.25) is 5.91 Å². The fourth-order valence-electron chi connectivity index (χ4n) is 4.22. The molecule has 3 rings (SSSR count). The van der Waals surface area contributed by atoms with Crippen molar-refractivity contribution in [2.75, 3.05) is 25.9 Å². The number of methoxy groups -OCH3 is 1. The number of aliphatic hydroxyl groups is 3. The highest BCUT2D eigenvalue weighted by Crippen LogP contribution is 2.29. The number of amides is 1. The van der Waals surface area contributed by atoms with Gasteiger partial charge in [-0.3, -0.25) is 9.63 Å². The normalized spacial score (nSPS) is 23.4. The SMILES string of the molecule is COP(N)(=O)O.COc1ccc(N(OCc2ccccc2)[C@H](C(=O)O[C@H]2[C@H](O)[C@@H](CO)OC(O)[C@@H]2NC(C)=O)C(C)C)cc1. The average Bonchev–Trinajstić information content (AvgIpc) is 2.98. The summed E-state index contributed by atoms with van der Waals surface area (Å²) in [5.41, 5.74) is 5.85. The maximum absolute atomic E-state index is 13.7. The number of esters is 1. The van der Waals surface area contributed by atoms with E-state index in [1.165, 1.54) is 12.0 Å². The van der Waals surface area contributed by atoms with Crippen molar-refractivity contribution < 1.29 is 57.9 Å². The molecule has 0 bridgehead atoms. The van der Waals surface area contributed by atoms with Crippen molar-refractivity contribution >= 4 is 25.3 Å². The molecule has 1 aliphatic heterocycles. The summed E-state index contributed by atoms with van der Waals surface area (Å²) in [6, 6.07) is 14.1. The van der Waals surface area contributed by atoms with E-state index < -0.39 is 62.9 Å². The lowest BCUT2D eigenvalue weighted by Crippen LogP contribution is -2.65. The summed E-state index contributed by atoms with van der Waals surface area (Å²) in [5.74, 6) is -1.02. The van der Waals surface area contributed by atoms with Crippen LogP contribution in [0.5, 0.6) is 5.75 Å². The van der Waals surface area contributed by atoms with Crippen LogP contribution in [0.4, 0.5) is 5.69 Å². The molecule has 1 aliphatic rings. The third kappa shape index (κ3) is 11.1. The molecule has 7 atom stereocenters. The highest BCUT2D eigenvalue weighted by atomic mass is 31.2. The number of aliphatic hydroxyl groups excluding tert-OH is 3. The molecule has 1 amide bonds. The summed E-state index contributed by atoms with van der Waals surface area (Å²) in [6.07, 6.45) is -5.77. The predicted molar refractivity (Wildman–Crippen MR) is 158 cm³/mol. The monoisotopic (exact) mass is 643 g/mol. The lowest BCUT2D eigenvalue weighted by molar-refractivity contribution is -0.259. The molecule has 0 spiro atoms. The molecule has 246 valence electrons. The first kappa shape index (κ1) is 37.1. The Morgan fingerprint density at radius 1 is 1.09 bits per heavy atom. The quantitative estimate of drug-likeness (QED) is 0.107. The number of carbonyl (C=O) groups is 2. The number of ether oxygens (including phenoxy) is 3. The zero-order valence-electron chi connectivity index (χ0n) is 25.2. The van der Waals surface area contributed by atoms with Crippen LogP contribution >= 0.6 is 7.75 Å². The molecule has 2 aromatic rings. The van der Waals surface area contributed by atoms with Crippen molar-refractivity contribution in [3.63, 3.8) is 0 Å². The third-order valence-corrected chi connectivity index (χ3v) is 6.95. The highest BCUT2D eigenvalue weighted by molar-refractivity contribution is 7.50. The highest BCUT2D eigenvalue weighted by Gasteiger charge is 2.48. The van der Waals surface area contributed by atoms with Crippen LogP contribution in [0, 0.1) is 5.92 Å². The van der Waals surface area contributed by atoms with Gasteiger partial charge in [-0.25, -0.2) is 19.9 Å². The second kappa shape index (κ2) is 17.4. The molecule has 15 nitrogen and oxygen atoms in total. The van der Waals surface area contributed by atoms with Crippen LogP contribution in [0.3, 0.4) is 0 Å². The number of nitrogens with zero attached hydrogens (tertiary/aromatic N) is 1. The zero-order valence-corrected chi connectivity index (χ0v) is 26.1. The van der Waals surface area contributed by atoms with E-state index in [1.807, 2.05) is 44.2 Å². The number of nitrogens with one attached hydrogen (secondary N) is 1. The number of nitrogens with two attached hydrogens (primary N) is 1. The molecule has 1 fully saturated rings. The molecule has 0 saturated carbocycles. The van der Waals surface area contributed by atoms with Gasteiger partial charge in [0.15, 0.2) is 18.4 Å².